The summed E-state index contributed by atoms with van der Waals surface area (Å²) in [5.41, 5.74) is 0. The smallest absolute Gasteiger partial charge is 0.295 e. The topological polar surface area (TPSA) is 64.4 Å². The average molecular weight is 134 g/mol. The maximum Gasteiger partial charge on any atom is 0.296 e. The van der Waals surface area contributed by atoms with Gasteiger partial charge >= 0.3 is 0 Å². The van der Waals surface area contributed by atoms with E-state index >= 15 is 0 Å². The Balaban J connectivity index is 3.26. The summed E-state index contributed by atoms with van der Waals surface area (Å²) in [5, 5.41) is 11.5. The second kappa shape index (κ2) is 4.08. The van der Waals surface area contributed by atoms with Gasteiger partial charge < -0.3 is 0 Å². The summed E-state index contributed by atoms with van der Waals surface area (Å²) in [6.45, 7) is 4.08. The van der Waals surface area contributed by atoms with Crippen molar-refractivity contribution in [3.05, 3.63) is 10.1 Å². The van der Waals surface area contributed by atoms with E-state index < -0.39 is 11.3 Å². The molecule has 0 saturated carbocycles. The summed E-state index contributed by atoms with van der Waals surface area (Å²) < 4.78 is 0. The monoisotopic (exact) mass is 134 g/mol. The standard InChI is InChI=1S/C4H10N2O3/c1-3-5-4(2)9-6(7)8/h4-5H,3H2,1-2H3. The summed E-state index contributed by atoms with van der Waals surface area (Å²) in [6, 6.07) is 0. The molecule has 0 aromatic carbocycles. The van der Waals surface area contributed by atoms with Crippen LogP contribution < -0.4 is 5.32 Å². The van der Waals surface area contributed by atoms with Crippen LogP contribution in [0.2, 0.25) is 0 Å². The largest absolute Gasteiger partial charge is 0.296 e. The minimum Gasteiger partial charge on any atom is -0.295 e. The molecule has 0 aromatic rings. The lowest BCUT2D eigenvalue weighted by Crippen LogP contribution is -2.30. The summed E-state index contributed by atoms with van der Waals surface area (Å²) in [4.78, 5) is 13.7. The molecule has 54 valence electrons. The zero-order valence-corrected chi connectivity index (χ0v) is 5.46. The van der Waals surface area contributed by atoms with E-state index in [1.807, 2.05) is 6.92 Å². The maximum atomic E-state index is 9.63. The Bertz CT molecular complexity index is 95.8. The van der Waals surface area contributed by atoms with Crippen molar-refractivity contribution in [1.82, 2.24) is 5.32 Å². The third-order valence-corrected chi connectivity index (χ3v) is 0.736. The van der Waals surface area contributed by atoms with Gasteiger partial charge in [0.15, 0.2) is 6.23 Å². The average Bonchev–Trinajstić information content (AvgIpc) is 1.63. The molecule has 5 nitrogen and oxygen atoms in total. The van der Waals surface area contributed by atoms with Crippen LogP contribution in [0.25, 0.3) is 0 Å². The van der Waals surface area contributed by atoms with Gasteiger partial charge in [-0.1, -0.05) is 6.92 Å². The van der Waals surface area contributed by atoms with E-state index in [4.69, 9.17) is 0 Å². The van der Waals surface area contributed by atoms with Crippen LogP contribution in [0.5, 0.6) is 0 Å². The number of rotatable bonds is 4. The van der Waals surface area contributed by atoms with Gasteiger partial charge in [0.2, 0.25) is 0 Å². The Morgan fingerprint density at radius 2 is 2.44 bits per heavy atom. The third kappa shape index (κ3) is 5.02. The molecule has 0 spiro atoms. The number of hydrogen-bond donors (Lipinski definition) is 1. The summed E-state index contributed by atoms with van der Waals surface area (Å²) in [7, 11) is 0. The Hall–Kier alpha value is -0.840. The van der Waals surface area contributed by atoms with Crippen molar-refractivity contribution in [3.63, 3.8) is 0 Å². The van der Waals surface area contributed by atoms with Crippen molar-refractivity contribution < 1.29 is 9.92 Å². The van der Waals surface area contributed by atoms with Gasteiger partial charge in [0.1, 0.15) is 0 Å². The van der Waals surface area contributed by atoms with Crippen LogP contribution in [-0.4, -0.2) is 17.9 Å². The van der Waals surface area contributed by atoms with Crippen LogP contribution in [0.1, 0.15) is 13.8 Å². The van der Waals surface area contributed by atoms with Gasteiger partial charge in [-0.2, -0.15) is 0 Å². The molecule has 1 unspecified atom stereocenters. The van der Waals surface area contributed by atoms with Crippen LogP contribution in [0.4, 0.5) is 0 Å². The highest BCUT2D eigenvalue weighted by molar-refractivity contribution is 4.38. The Morgan fingerprint density at radius 1 is 1.89 bits per heavy atom. The number of hydrogen-bond acceptors (Lipinski definition) is 4. The Morgan fingerprint density at radius 3 is 2.78 bits per heavy atom. The minimum absolute atomic E-state index is 0.509. The highest BCUT2D eigenvalue weighted by Crippen LogP contribution is 1.83. The van der Waals surface area contributed by atoms with Gasteiger partial charge in [-0.15, -0.1) is 10.1 Å². The predicted octanol–water partition coefficient (Wildman–Crippen LogP) is 0.150. The minimum atomic E-state index is -0.812. The van der Waals surface area contributed by atoms with E-state index in [0.717, 1.165) is 0 Å². The van der Waals surface area contributed by atoms with Crippen molar-refractivity contribution in [3.8, 4) is 0 Å². The van der Waals surface area contributed by atoms with E-state index in [2.05, 4.69) is 10.2 Å². The lowest BCUT2D eigenvalue weighted by Gasteiger charge is -2.07. The van der Waals surface area contributed by atoms with Crippen LogP contribution in [-0.2, 0) is 4.84 Å². The van der Waals surface area contributed by atoms with Crippen molar-refractivity contribution in [2.75, 3.05) is 6.54 Å². The van der Waals surface area contributed by atoms with E-state index in [9.17, 15) is 10.1 Å². The van der Waals surface area contributed by atoms with Gasteiger partial charge in [0, 0.05) is 0 Å². The van der Waals surface area contributed by atoms with E-state index in [1.165, 1.54) is 0 Å². The fourth-order valence-corrected chi connectivity index (χ4v) is 0.454. The molecule has 0 saturated heterocycles. The predicted molar refractivity (Wildman–Crippen MR) is 31.2 cm³/mol. The summed E-state index contributed by atoms with van der Waals surface area (Å²) in [6.07, 6.45) is -0.509. The number of nitrogens with zero attached hydrogens (tertiary/aromatic N) is 1. The molecule has 0 aliphatic rings. The van der Waals surface area contributed by atoms with Crippen molar-refractivity contribution in [2.45, 2.75) is 20.1 Å². The molecule has 1 atom stereocenters. The second-order valence-electron chi connectivity index (χ2n) is 1.53. The Kier molecular flexibility index (Phi) is 3.70. The normalized spacial score (nSPS) is 12.7. The van der Waals surface area contributed by atoms with Gasteiger partial charge in [-0.25, -0.2) is 0 Å². The van der Waals surface area contributed by atoms with Crippen LogP contribution in [0.3, 0.4) is 0 Å². The van der Waals surface area contributed by atoms with Gasteiger partial charge in [0.05, 0.1) is 0 Å². The van der Waals surface area contributed by atoms with E-state index in [-0.39, 0.29) is 0 Å². The molecule has 1 N–H and O–H groups in total. The molecule has 9 heavy (non-hydrogen) atoms. The Labute approximate surface area is 53.1 Å². The maximum absolute atomic E-state index is 9.63. The highest BCUT2D eigenvalue weighted by Gasteiger charge is 2.02. The molecule has 0 aromatic heterocycles. The van der Waals surface area contributed by atoms with Crippen LogP contribution in [0.15, 0.2) is 0 Å². The molecular formula is C4H10N2O3. The van der Waals surface area contributed by atoms with Crippen LogP contribution in [0, 0.1) is 10.1 Å². The molecular weight excluding hydrogens is 124 g/mol. The molecule has 0 aliphatic carbocycles. The lowest BCUT2D eigenvalue weighted by molar-refractivity contribution is -0.769. The zero-order chi connectivity index (χ0) is 7.28. The van der Waals surface area contributed by atoms with Gasteiger partial charge in [-0.3, -0.25) is 10.2 Å². The number of nitrogens with one attached hydrogen (secondary N) is 1. The first-order chi connectivity index (χ1) is 4.16. The molecule has 5 heteroatoms. The van der Waals surface area contributed by atoms with Gasteiger partial charge in [0.25, 0.3) is 5.09 Å². The van der Waals surface area contributed by atoms with E-state index in [0.29, 0.717) is 6.54 Å². The molecule has 0 fully saturated rings. The molecule has 0 aliphatic heterocycles. The van der Waals surface area contributed by atoms with Crippen molar-refractivity contribution >= 4 is 0 Å². The zero-order valence-electron chi connectivity index (χ0n) is 5.46. The SMILES string of the molecule is CCNC(C)O[N+](=O)[O-]. The first-order valence-electron chi connectivity index (χ1n) is 2.71. The fourth-order valence-electron chi connectivity index (χ4n) is 0.454. The summed E-state index contributed by atoms with van der Waals surface area (Å²) >= 11 is 0. The molecule has 0 amide bonds. The van der Waals surface area contributed by atoms with Crippen LogP contribution >= 0.6 is 0 Å². The van der Waals surface area contributed by atoms with Crippen molar-refractivity contribution in [1.29, 1.82) is 0 Å². The molecule has 0 radical (unpaired) electrons. The fraction of sp³-hybridized carbons (Fsp3) is 1.00. The molecule has 0 rings (SSSR count). The third-order valence-electron chi connectivity index (χ3n) is 0.736. The molecule has 0 bridgehead atoms. The quantitative estimate of drug-likeness (QED) is 0.337. The van der Waals surface area contributed by atoms with E-state index in [1.54, 1.807) is 6.92 Å². The van der Waals surface area contributed by atoms with Crippen molar-refractivity contribution in [2.24, 2.45) is 0 Å². The first-order valence-corrected chi connectivity index (χ1v) is 2.71. The summed E-state index contributed by atoms with van der Waals surface area (Å²) in [5.74, 6) is 0. The lowest BCUT2D eigenvalue weighted by atomic mass is 10.6. The van der Waals surface area contributed by atoms with Gasteiger partial charge in [-0.05, 0) is 13.5 Å². The first kappa shape index (κ1) is 8.16. The molecule has 0 heterocycles. The highest BCUT2D eigenvalue weighted by atomic mass is 17.0. The second-order valence-corrected chi connectivity index (χ2v) is 1.53.